The Bertz CT molecular complexity index is 637. The summed E-state index contributed by atoms with van der Waals surface area (Å²) in [4.78, 5) is 14.2. The number of amides is 1. The number of carbonyl (C=O) groups excluding carboxylic acids is 1. The van der Waals surface area contributed by atoms with E-state index in [1.807, 2.05) is 26.8 Å². The Kier molecular flexibility index (Phi) is 7.51. The first-order valence-electron chi connectivity index (χ1n) is 8.55. The summed E-state index contributed by atoms with van der Waals surface area (Å²) in [5, 5.41) is 0.629. The minimum absolute atomic E-state index is 0.0465. The molecule has 0 aromatic heterocycles. The van der Waals surface area contributed by atoms with Crippen molar-refractivity contribution >= 4 is 41.9 Å². The largest absolute Gasteiger partial charge is 0.444 e. The van der Waals surface area contributed by atoms with Crippen molar-refractivity contribution in [3.8, 4) is 0 Å². The van der Waals surface area contributed by atoms with E-state index in [0.717, 1.165) is 5.56 Å². The van der Waals surface area contributed by atoms with E-state index < -0.39 is 5.60 Å². The van der Waals surface area contributed by atoms with E-state index in [0.29, 0.717) is 36.2 Å². The van der Waals surface area contributed by atoms with Crippen LogP contribution in [0.25, 0.3) is 0 Å². The van der Waals surface area contributed by atoms with Gasteiger partial charge < -0.3 is 20.1 Å². The first-order valence-corrected chi connectivity index (χ1v) is 9.82. The molecule has 0 aliphatic carbocycles. The molecule has 1 heterocycles. The average molecular weight is 421 g/mol. The van der Waals surface area contributed by atoms with Crippen LogP contribution in [0.1, 0.15) is 38.9 Å². The Labute approximate surface area is 170 Å². The van der Waals surface area contributed by atoms with Crippen LogP contribution in [0.15, 0.2) is 18.2 Å². The van der Waals surface area contributed by atoms with Gasteiger partial charge in [-0.25, -0.2) is 4.79 Å². The highest BCUT2D eigenvalue weighted by Gasteiger charge is 2.33. The van der Waals surface area contributed by atoms with Crippen molar-refractivity contribution in [3.63, 3.8) is 0 Å². The number of ether oxygens (including phenoxy) is 2. The van der Waals surface area contributed by atoms with Crippen LogP contribution in [-0.4, -0.2) is 41.7 Å². The van der Waals surface area contributed by atoms with E-state index >= 15 is 0 Å². The number of carbonyl (C=O) groups is 1. The lowest BCUT2D eigenvalue weighted by atomic mass is 9.92. The van der Waals surface area contributed by atoms with Gasteiger partial charge in [-0.3, -0.25) is 0 Å². The maximum Gasteiger partial charge on any atom is 0.410 e. The standard InChI is InChI=1S/C18H26Cl2N2O3S/c1-18(2,3)25-17(23)22-6-7-24-16(12(10-22)9-15(21)26)11-4-5-13(19)14(20)8-11/h4-5,8,12,15-16,26H,6-7,9-10,21H2,1-3H3/t12-,15-,16+/m1/s1. The SMILES string of the molecule is CC(C)(C)OC(=O)N1CCO[C@@H](c2ccc(Cl)c(Cl)c2)[C@H](C[C@H](N)S)C1. The molecule has 1 aliphatic rings. The van der Waals surface area contributed by atoms with Crippen molar-refractivity contribution in [2.24, 2.45) is 11.7 Å². The Hall–Kier alpha value is -0.660. The van der Waals surface area contributed by atoms with Gasteiger partial charge in [0.25, 0.3) is 0 Å². The average Bonchev–Trinajstić information content (AvgIpc) is 2.70. The number of nitrogens with zero attached hydrogens (tertiary/aromatic N) is 1. The van der Waals surface area contributed by atoms with E-state index in [4.69, 9.17) is 38.4 Å². The highest BCUT2D eigenvalue weighted by Crippen LogP contribution is 2.35. The minimum Gasteiger partial charge on any atom is -0.444 e. The minimum atomic E-state index is -0.553. The highest BCUT2D eigenvalue weighted by atomic mass is 35.5. The summed E-state index contributed by atoms with van der Waals surface area (Å²) >= 11 is 16.5. The van der Waals surface area contributed by atoms with Crippen LogP contribution >= 0.6 is 35.8 Å². The van der Waals surface area contributed by atoms with Crippen LogP contribution in [-0.2, 0) is 9.47 Å². The van der Waals surface area contributed by atoms with E-state index in [9.17, 15) is 4.79 Å². The molecule has 1 aromatic rings. The monoisotopic (exact) mass is 420 g/mol. The van der Waals surface area contributed by atoms with Gasteiger partial charge in [0, 0.05) is 24.4 Å². The zero-order valence-corrected chi connectivity index (χ0v) is 17.7. The van der Waals surface area contributed by atoms with Gasteiger partial charge in [-0.05, 0) is 44.9 Å². The summed E-state index contributed by atoms with van der Waals surface area (Å²) in [7, 11) is 0. The van der Waals surface area contributed by atoms with Crippen molar-refractivity contribution < 1.29 is 14.3 Å². The molecule has 1 fully saturated rings. The van der Waals surface area contributed by atoms with E-state index in [-0.39, 0.29) is 23.5 Å². The van der Waals surface area contributed by atoms with Gasteiger partial charge in [0.15, 0.2) is 0 Å². The van der Waals surface area contributed by atoms with Crippen molar-refractivity contribution in [3.05, 3.63) is 33.8 Å². The molecular formula is C18H26Cl2N2O3S. The van der Waals surface area contributed by atoms with Crippen molar-refractivity contribution in [1.82, 2.24) is 4.90 Å². The summed E-state index contributed by atoms with van der Waals surface area (Å²) in [6.45, 7) is 6.85. The fourth-order valence-corrected chi connectivity index (χ4v) is 3.53. The van der Waals surface area contributed by atoms with E-state index in [1.165, 1.54) is 0 Å². The Morgan fingerprint density at radius 3 is 2.69 bits per heavy atom. The summed E-state index contributed by atoms with van der Waals surface area (Å²) in [6, 6.07) is 5.44. The molecule has 0 spiro atoms. The molecule has 1 saturated heterocycles. The van der Waals surface area contributed by atoms with E-state index in [2.05, 4.69) is 12.6 Å². The van der Waals surface area contributed by atoms with Crippen LogP contribution in [0.5, 0.6) is 0 Å². The van der Waals surface area contributed by atoms with Gasteiger partial charge >= 0.3 is 6.09 Å². The van der Waals surface area contributed by atoms with Crippen LogP contribution in [0.3, 0.4) is 0 Å². The molecule has 2 N–H and O–H groups in total. The molecule has 3 atom stereocenters. The lowest BCUT2D eigenvalue weighted by Gasteiger charge is -2.30. The van der Waals surface area contributed by atoms with Gasteiger partial charge in [-0.1, -0.05) is 29.3 Å². The molecule has 1 aromatic carbocycles. The number of halogens is 2. The molecule has 0 unspecified atom stereocenters. The Morgan fingerprint density at radius 1 is 1.42 bits per heavy atom. The number of hydrogen-bond acceptors (Lipinski definition) is 5. The Morgan fingerprint density at radius 2 is 2.12 bits per heavy atom. The first kappa shape index (κ1) is 21.6. The molecule has 8 heteroatoms. The quantitative estimate of drug-likeness (QED) is 0.556. The van der Waals surface area contributed by atoms with Crippen molar-refractivity contribution in [2.45, 2.75) is 44.3 Å². The molecule has 1 amide bonds. The zero-order chi connectivity index (χ0) is 19.5. The van der Waals surface area contributed by atoms with Crippen LogP contribution in [0.2, 0.25) is 10.0 Å². The molecule has 2 rings (SSSR count). The Balaban J connectivity index is 2.23. The molecule has 0 saturated carbocycles. The van der Waals surface area contributed by atoms with Gasteiger partial charge in [0.1, 0.15) is 5.60 Å². The molecule has 1 aliphatic heterocycles. The summed E-state index contributed by atoms with van der Waals surface area (Å²) in [5.74, 6) is -0.0465. The van der Waals surface area contributed by atoms with Crippen LogP contribution in [0.4, 0.5) is 4.79 Å². The summed E-state index contributed by atoms with van der Waals surface area (Å²) in [6.07, 6.45) is -0.0307. The van der Waals surface area contributed by atoms with Crippen LogP contribution < -0.4 is 5.73 Å². The predicted octanol–water partition coefficient (Wildman–Crippen LogP) is 4.52. The zero-order valence-electron chi connectivity index (χ0n) is 15.2. The maximum absolute atomic E-state index is 12.5. The number of hydrogen-bond donors (Lipinski definition) is 2. The third-order valence-corrected chi connectivity index (χ3v) is 4.96. The van der Waals surface area contributed by atoms with Crippen molar-refractivity contribution in [1.29, 1.82) is 0 Å². The number of benzene rings is 1. The molecular weight excluding hydrogens is 395 g/mol. The lowest BCUT2D eigenvalue weighted by Crippen LogP contribution is -2.40. The molecule has 0 radical (unpaired) electrons. The smallest absolute Gasteiger partial charge is 0.410 e. The van der Waals surface area contributed by atoms with Crippen molar-refractivity contribution in [2.75, 3.05) is 19.7 Å². The second-order valence-corrected chi connectivity index (χ2v) is 8.93. The molecule has 0 bridgehead atoms. The third kappa shape index (κ3) is 6.20. The molecule has 26 heavy (non-hydrogen) atoms. The van der Waals surface area contributed by atoms with E-state index in [1.54, 1.807) is 17.0 Å². The summed E-state index contributed by atoms with van der Waals surface area (Å²) in [5.41, 5.74) is 6.27. The maximum atomic E-state index is 12.5. The molecule has 146 valence electrons. The topological polar surface area (TPSA) is 64.8 Å². The molecule has 5 nitrogen and oxygen atoms in total. The number of rotatable bonds is 3. The van der Waals surface area contributed by atoms with Crippen LogP contribution in [0, 0.1) is 5.92 Å². The number of nitrogens with two attached hydrogens (primary N) is 1. The predicted molar refractivity (Wildman–Crippen MR) is 108 cm³/mol. The fourth-order valence-electron chi connectivity index (χ4n) is 2.95. The van der Waals surface area contributed by atoms with Gasteiger partial charge in [0.2, 0.25) is 0 Å². The third-order valence-electron chi connectivity index (χ3n) is 4.01. The second kappa shape index (κ2) is 9.02. The number of thiol groups is 1. The van der Waals surface area contributed by atoms with Gasteiger partial charge in [0.05, 0.1) is 22.8 Å². The fraction of sp³-hybridized carbons (Fsp3) is 0.611. The second-order valence-electron chi connectivity index (χ2n) is 7.45. The normalized spacial score (nSPS) is 22.7. The first-order chi connectivity index (χ1) is 12.1. The summed E-state index contributed by atoms with van der Waals surface area (Å²) < 4.78 is 11.6. The van der Waals surface area contributed by atoms with Gasteiger partial charge in [-0.2, -0.15) is 12.6 Å². The highest BCUT2D eigenvalue weighted by molar-refractivity contribution is 7.80. The lowest BCUT2D eigenvalue weighted by molar-refractivity contribution is 0.0231. The van der Waals surface area contributed by atoms with Gasteiger partial charge in [-0.15, -0.1) is 0 Å².